The van der Waals surface area contributed by atoms with Crippen LogP contribution in [0.25, 0.3) is 0 Å². The van der Waals surface area contributed by atoms with Crippen LogP contribution in [0, 0.1) is 0 Å². The third kappa shape index (κ3) is 4.05. The zero-order valence-electron chi connectivity index (χ0n) is 14.7. The van der Waals surface area contributed by atoms with Crippen molar-refractivity contribution in [1.29, 1.82) is 0 Å². The summed E-state index contributed by atoms with van der Waals surface area (Å²) in [5, 5.41) is 6.71. The van der Waals surface area contributed by atoms with E-state index in [1.54, 1.807) is 12.1 Å². The summed E-state index contributed by atoms with van der Waals surface area (Å²) in [6.07, 6.45) is -1.95. The number of halogens is 3. The molecule has 144 valence electrons. The summed E-state index contributed by atoms with van der Waals surface area (Å²) in [5.74, 6) is 1.05. The van der Waals surface area contributed by atoms with Crippen molar-refractivity contribution in [2.24, 2.45) is 0 Å². The number of anilines is 1. The van der Waals surface area contributed by atoms with E-state index in [1.165, 1.54) is 0 Å². The predicted octanol–water partition coefficient (Wildman–Crippen LogP) is 4.81. The third-order valence-electron chi connectivity index (χ3n) is 4.51. The maximum atomic E-state index is 12.7. The van der Waals surface area contributed by atoms with E-state index < -0.39 is 17.6 Å². The van der Waals surface area contributed by atoms with Gasteiger partial charge < -0.3 is 9.84 Å². The van der Waals surface area contributed by atoms with Crippen LogP contribution in [0.15, 0.2) is 53.1 Å². The zero-order valence-corrected chi connectivity index (χ0v) is 14.7. The molecule has 0 unspecified atom stereocenters. The second-order valence-corrected chi connectivity index (χ2v) is 6.68. The fourth-order valence-electron chi connectivity index (χ4n) is 2.81. The lowest BCUT2D eigenvalue weighted by Gasteiger charge is -2.11. The van der Waals surface area contributed by atoms with Crippen LogP contribution < -0.4 is 5.32 Å². The highest BCUT2D eigenvalue weighted by molar-refractivity contribution is 6.04. The molecule has 1 aromatic heterocycles. The van der Waals surface area contributed by atoms with E-state index in [1.807, 2.05) is 12.1 Å². The largest absolute Gasteiger partial charge is 0.416 e. The van der Waals surface area contributed by atoms with Crippen LogP contribution in [0.2, 0.25) is 0 Å². The van der Waals surface area contributed by atoms with Crippen molar-refractivity contribution in [1.82, 2.24) is 10.1 Å². The quantitative estimate of drug-likeness (QED) is 0.682. The second kappa shape index (κ2) is 7.10. The fourth-order valence-corrected chi connectivity index (χ4v) is 2.81. The molecule has 1 aliphatic rings. The van der Waals surface area contributed by atoms with Crippen LogP contribution >= 0.6 is 0 Å². The number of aromatic nitrogens is 2. The van der Waals surface area contributed by atoms with Crippen LogP contribution in [-0.2, 0) is 12.6 Å². The van der Waals surface area contributed by atoms with Gasteiger partial charge in [-0.25, -0.2) is 0 Å². The third-order valence-corrected chi connectivity index (χ3v) is 4.51. The zero-order chi connectivity index (χ0) is 19.7. The van der Waals surface area contributed by atoms with Gasteiger partial charge in [0.25, 0.3) is 5.91 Å². The van der Waals surface area contributed by atoms with Crippen LogP contribution in [-0.4, -0.2) is 16.0 Å². The first-order valence-corrected chi connectivity index (χ1v) is 8.79. The average molecular weight is 387 g/mol. The summed E-state index contributed by atoms with van der Waals surface area (Å²) in [6, 6.07) is 11.2. The van der Waals surface area contributed by atoms with Crippen LogP contribution in [0.1, 0.15) is 52.0 Å². The van der Waals surface area contributed by atoms with Gasteiger partial charge >= 0.3 is 6.18 Å². The molecule has 0 aliphatic heterocycles. The Bertz CT molecular complexity index is 992. The number of carbonyl (C=O) groups is 1. The Morgan fingerprint density at radius 1 is 1.11 bits per heavy atom. The van der Waals surface area contributed by atoms with E-state index in [0.29, 0.717) is 29.7 Å². The minimum atomic E-state index is -4.44. The van der Waals surface area contributed by atoms with Gasteiger partial charge in [0.2, 0.25) is 5.89 Å². The highest BCUT2D eigenvalue weighted by atomic mass is 19.4. The smallest absolute Gasteiger partial charge is 0.339 e. The van der Waals surface area contributed by atoms with Crippen molar-refractivity contribution in [3.05, 3.63) is 76.9 Å². The lowest BCUT2D eigenvalue weighted by atomic mass is 10.1. The minimum Gasteiger partial charge on any atom is -0.339 e. The number of amides is 1. The second-order valence-electron chi connectivity index (χ2n) is 6.68. The molecular weight excluding hydrogens is 371 g/mol. The van der Waals surface area contributed by atoms with Gasteiger partial charge in [0, 0.05) is 17.2 Å². The molecule has 0 saturated heterocycles. The minimum absolute atomic E-state index is 0.136. The number of benzene rings is 2. The summed E-state index contributed by atoms with van der Waals surface area (Å²) in [4.78, 5) is 16.8. The molecule has 1 fully saturated rings. The highest BCUT2D eigenvalue weighted by Crippen LogP contribution is 2.38. The van der Waals surface area contributed by atoms with Gasteiger partial charge in [-0.3, -0.25) is 4.79 Å². The maximum Gasteiger partial charge on any atom is 0.416 e. The first-order chi connectivity index (χ1) is 13.4. The van der Waals surface area contributed by atoms with Crippen molar-refractivity contribution in [2.75, 3.05) is 5.32 Å². The van der Waals surface area contributed by atoms with Gasteiger partial charge in [-0.15, -0.1) is 0 Å². The number of nitrogens with one attached hydrogen (secondary N) is 1. The molecule has 0 atom stereocenters. The molecule has 1 aliphatic carbocycles. The molecule has 1 saturated carbocycles. The Morgan fingerprint density at radius 3 is 2.50 bits per heavy atom. The number of hydrogen-bond donors (Lipinski definition) is 1. The summed E-state index contributed by atoms with van der Waals surface area (Å²) >= 11 is 0. The summed E-state index contributed by atoms with van der Waals surface area (Å²) < 4.78 is 43.3. The molecule has 8 heteroatoms. The molecule has 2 aromatic carbocycles. The number of carbonyl (C=O) groups excluding carboxylic acids is 1. The molecule has 3 aromatic rings. The van der Waals surface area contributed by atoms with Gasteiger partial charge in [0.1, 0.15) is 0 Å². The van der Waals surface area contributed by atoms with Crippen molar-refractivity contribution in [3.63, 3.8) is 0 Å². The summed E-state index contributed by atoms with van der Waals surface area (Å²) in [7, 11) is 0. The molecule has 1 heterocycles. The number of hydrogen-bond acceptors (Lipinski definition) is 4. The molecule has 28 heavy (non-hydrogen) atoms. The van der Waals surface area contributed by atoms with Gasteiger partial charge in [-0.2, -0.15) is 18.2 Å². The summed E-state index contributed by atoms with van der Waals surface area (Å²) in [6.45, 7) is 0. The summed E-state index contributed by atoms with van der Waals surface area (Å²) in [5.41, 5.74) is 0.649. The molecule has 4 rings (SSSR count). The standard InChI is InChI=1S/C20H16F3N3O2/c21-20(22,23)15-9-7-13(8-10-15)19(27)24-16-4-2-1-3-14(16)11-17-25-18(26-28-17)12-5-6-12/h1-4,7-10,12H,5-6,11H2,(H,24,27). The predicted molar refractivity (Wildman–Crippen MR) is 94.9 cm³/mol. The highest BCUT2D eigenvalue weighted by Gasteiger charge is 2.30. The first-order valence-electron chi connectivity index (χ1n) is 8.79. The Balaban J connectivity index is 1.49. The van der Waals surface area contributed by atoms with E-state index >= 15 is 0 Å². The number of para-hydroxylation sites is 1. The number of rotatable bonds is 5. The van der Waals surface area contributed by atoms with Crippen molar-refractivity contribution in [2.45, 2.75) is 31.4 Å². The normalized spacial score (nSPS) is 14.1. The van der Waals surface area contributed by atoms with Crippen molar-refractivity contribution >= 4 is 11.6 Å². The lowest BCUT2D eigenvalue weighted by Crippen LogP contribution is -2.14. The van der Waals surface area contributed by atoms with Crippen LogP contribution in [0.3, 0.4) is 0 Å². The fraction of sp³-hybridized carbons (Fsp3) is 0.250. The van der Waals surface area contributed by atoms with E-state index in [9.17, 15) is 18.0 Å². The van der Waals surface area contributed by atoms with Gasteiger partial charge in [-0.05, 0) is 48.7 Å². The Hall–Kier alpha value is -3.16. The molecule has 0 spiro atoms. The Morgan fingerprint density at radius 2 is 1.82 bits per heavy atom. The molecule has 1 N–H and O–H groups in total. The molecule has 5 nitrogen and oxygen atoms in total. The van der Waals surface area contributed by atoms with E-state index in [0.717, 1.165) is 42.7 Å². The van der Waals surface area contributed by atoms with Crippen LogP contribution in [0.4, 0.5) is 18.9 Å². The van der Waals surface area contributed by atoms with Gasteiger partial charge in [0.15, 0.2) is 5.82 Å². The number of alkyl halides is 3. The molecule has 1 amide bonds. The van der Waals surface area contributed by atoms with Crippen molar-refractivity contribution < 1.29 is 22.5 Å². The SMILES string of the molecule is O=C(Nc1ccccc1Cc1nc(C2CC2)no1)c1ccc(C(F)(F)F)cc1. The monoisotopic (exact) mass is 387 g/mol. The first kappa shape index (κ1) is 18.2. The topological polar surface area (TPSA) is 68.0 Å². The average Bonchev–Trinajstić information content (AvgIpc) is 3.42. The van der Waals surface area contributed by atoms with Gasteiger partial charge in [-0.1, -0.05) is 23.4 Å². The van der Waals surface area contributed by atoms with Crippen LogP contribution in [0.5, 0.6) is 0 Å². The molecular formula is C20H16F3N3O2. The molecule has 0 bridgehead atoms. The van der Waals surface area contributed by atoms with E-state index in [2.05, 4.69) is 15.5 Å². The molecule has 0 radical (unpaired) electrons. The van der Waals surface area contributed by atoms with E-state index in [4.69, 9.17) is 4.52 Å². The Kier molecular flexibility index (Phi) is 4.62. The maximum absolute atomic E-state index is 12.7. The Labute approximate surface area is 158 Å². The van der Waals surface area contributed by atoms with Crippen molar-refractivity contribution in [3.8, 4) is 0 Å². The van der Waals surface area contributed by atoms with Gasteiger partial charge in [0.05, 0.1) is 12.0 Å². The van der Waals surface area contributed by atoms with E-state index in [-0.39, 0.29) is 5.56 Å². The lowest BCUT2D eigenvalue weighted by molar-refractivity contribution is -0.137. The number of nitrogens with zero attached hydrogens (tertiary/aromatic N) is 2.